The third-order valence-corrected chi connectivity index (χ3v) is 3.85. The molecule has 0 unspecified atom stereocenters. The number of hydrogen-bond acceptors (Lipinski definition) is 4. The standard InChI is InChI=1S/C12H10Cl2N2O3S/c1-2-4-20-5-3-15-12(17)9-6-8(16(18)19)7-10(13)11(9)14/h1,6-7H,3-5H2,(H,15,17). The van der Waals surface area contributed by atoms with Crippen molar-refractivity contribution in [3.05, 3.63) is 37.9 Å². The molecule has 0 radical (unpaired) electrons. The second-order valence-corrected chi connectivity index (χ2v) is 5.45. The highest BCUT2D eigenvalue weighted by Gasteiger charge is 2.19. The lowest BCUT2D eigenvalue weighted by Gasteiger charge is -2.07. The molecule has 1 aromatic carbocycles. The minimum Gasteiger partial charge on any atom is -0.351 e. The van der Waals surface area contributed by atoms with Crippen molar-refractivity contribution in [2.45, 2.75) is 0 Å². The number of non-ortho nitro benzene ring substituents is 1. The highest BCUT2D eigenvalue weighted by molar-refractivity contribution is 7.99. The van der Waals surface area contributed by atoms with E-state index < -0.39 is 10.8 Å². The predicted molar refractivity (Wildman–Crippen MR) is 81.6 cm³/mol. The maximum absolute atomic E-state index is 11.9. The minimum atomic E-state index is -0.637. The molecule has 0 aliphatic carbocycles. The van der Waals surface area contributed by atoms with Gasteiger partial charge in [-0.25, -0.2) is 0 Å². The predicted octanol–water partition coefficient (Wildman–Crippen LogP) is 3.00. The topological polar surface area (TPSA) is 72.2 Å². The van der Waals surface area contributed by atoms with Crippen LogP contribution in [0.5, 0.6) is 0 Å². The van der Waals surface area contributed by atoms with Crippen molar-refractivity contribution < 1.29 is 9.72 Å². The molecule has 8 heteroatoms. The van der Waals surface area contributed by atoms with Gasteiger partial charge in [0.2, 0.25) is 0 Å². The fourth-order valence-electron chi connectivity index (χ4n) is 1.31. The Hall–Kier alpha value is -1.42. The lowest BCUT2D eigenvalue weighted by molar-refractivity contribution is -0.384. The number of carbonyl (C=O) groups is 1. The first-order valence-corrected chi connectivity index (χ1v) is 7.31. The molecule has 0 atom stereocenters. The Morgan fingerprint density at radius 2 is 2.20 bits per heavy atom. The highest BCUT2D eigenvalue weighted by Crippen LogP contribution is 2.30. The second kappa shape index (κ2) is 8.00. The number of nitro groups is 1. The van der Waals surface area contributed by atoms with Gasteiger partial charge in [0.05, 0.1) is 26.3 Å². The van der Waals surface area contributed by atoms with Crippen LogP contribution in [0.3, 0.4) is 0 Å². The smallest absolute Gasteiger partial charge is 0.271 e. The molecule has 0 bridgehead atoms. The molecule has 106 valence electrons. The summed E-state index contributed by atoms with van der Waals surface area (Å²) < 4.78 is 0. The Morgan fingerprint density at radius 3 is 2.80 bits per heavy atom. The van der Waals surface area contributed by atoms with Crippen LogP contribution in [0, 0.1) is 22.5 Å². The van der Waals surface area contributed by atoms with E-state index in [1.165, 1.54) is 11.8 Å². The number of terminal acetylenes is 1. The number of halogens is 2. The molecule has 0 aliphatic rings. The van der Waals surface area contributed by atoms with Gasteiger partial charge >= 0.3 is 0 Å². The van der Waals surface area contributed by atoms with Gasteiger partial charge in [0.25, 0.3) is 11.6 Å². The number of hydrogen-bond donors (Lipinski definition) is 1. The van der Waals surface area contributed by atoms with E-state index in [2.05, 4.69) is 11.2 Å². The van der Waals surface area contributed by atoms with E-state index >= 15 is 0 Å². The Bertz CT molecular complexity index is 573. The molecule has 0 aliphatic heterocycles. The van der Waals surface area contributed by atoms with Gasteiger partial charge in [-0.3, -0.25) is 14.9 Å². The van der Waals surface area contributed by atoms with Gasteiger partial charge in [-0.1, -0.05) is 29.1 Å². The largest absolute Gasteiger partial charge is 0.351 e. The number of rotatable bonds is 6. The molecule has 0 saturated carbocycles. The SMILES string of the molecule is C#CCSCCNC(=O)c1cc([N+](=O)[O-])cc(Cl)c1Cl. The lowest BCUT2D eigenvalue weighted by atomic mass is 10.2. The number of carbonyl (C=O) groups excluding carboxylic acids is 1. The molecule has 0 spiro atoms. The summed E-state index contributed by atoms with van der Waals surface area (Å²) in [6, 6.07) is 2.20. The average Bonchev–Trinajstić information content (AvgIpc) is 2.41. The maximum atomic E-state index is 11.9. The molecule has 0 saturated heterocycles. The van der Waals surface area contributed by atoms with Crippen molar-refractivity contribution in [1.82, 2.24) is 5.32 Å². The molecule has 1 N–H and O–H groups in total. The third-order valence-electron chi connectivity index (χ3n) is 2.19. The first kappa shape index (κ1) is 16.6. The zero-order valence-corrected chi connectivity index (χ0v) is 12.5. The first-order valence-electron chi connectivity index (χ1n) is 5.40. The van der Waals surface area contributed by atoms with Gasteiger partial charge in [0, 0.05) is 24.4 Å². The lowest BCUT2D eigenvalue weighted by Crippen LogP contribution is -2.26. The number of benzene rings is 1. The van der Waals surface area contributed by atoms with Gasteiger partial charge < -0.3 is 5.32 Å². The van der Waals surface area contributed by atoms with Crippen molar-refractivity contribution >= 4 is 46.6 Å². The van der Waals surface area contributed by atoms with Gasteiger partial charge in [-0.05, 0) is 0 Å². The Kier molecular flexibility index (Phi) is 6.65. The van der Waals surface area contributed by atoms with Gasteiger partial charge in [0.1, 0.15) is 0 Å². The summed E-state index contributed by atoms with van der Waals surface area (Å²) in [4.78, 5) is 22.0. The number of thioether (sulfide) groups is 1. The first-order chi connectivity index (χ1) is 9.47. The minimum absolute atomic E-state index is 0.00829. The van der Waals surface area contributed by atoms with E-state index in [-0.39, 0.29) is 21.3 Å². The summed E-state index contributed by atoms with van der Waals surface area (Å²) in [7, 11) is 0. The third kappa shape index (κ3) is 4.60. The van der Waals surface area contributed by atoms with E-state index in [0.717, 1.165) is 12.1 Å². The quantitative estimate of drug-likeness (QED) is 0.376. The van der Waals surface area contributed by atoms with Crippen LogP contribution in [0.15, 0.2) is 12.1 Å². The van der Waals surface area contributed by atoms with Crippen LogP contribution in [-0.4, -0.2) is 28.9 Å². The van der Waals surface area contributed by atoms with Crippen LogP contribution >= 0.6 is 35.0 Å². The molecular weight excluding hydrogens is 323 g/mol. The second-order valence-electron chi connectivity index (χ2n) is 3.56. The van der Waals surface area contributed by atoms with Crippen molar-refractivity contribution in [1.29, 1.82) is 0 Å². The summed E-state index contributed by atoms with van der Waals surface area (Å²) in [6.45, 7) is 0.377. The molecule has 0 aromatic heterocycles. The summed E-state index contributed by atoms with van der Waals surface area (Å²) in [5, 5.41) is 13.3. The molecule has 5 nitrogen and oxygen atoms in total. The van der Waals surface area contributed by atoms with E-state index in [1.54, 1.807) is 0 Å². The number of nitrogens with zero attached hydrogens (tertiary/aromatic N) is 1. The highest BCUT2D eigenvalue weighted by atomic mass is 35.5. The summed E-state index contributed by atoms with van der Waals surface area (Å²) in [5.74, 6) is 3.14. The van der Waals surface area contributed by atoms with E-state index in [0.29, 0.717) is 18.1 Å². The molecule has 0 heterocycles. The molecule has 20 heavy (non-hydrogen) atoms. The maximum Gasteiger partial charge on any atom is 0.271 e. The van der Waals surface area contributed by atoms with Crippen LogP contribution in [-0.2, 0) is 0 Å². The molecular formula is C12H10Cl2N2O3S. The summed E-state index contributed by atoms with van der Waals surface area (Å²) >= 11 is 13.1. The zero-order valence-electron chi connectivity index (χ0n) is 10.2. The van der Waals surface area contributed by atoms with E-state index in [9.17, 15) is 14.9 Å². The number of nitro benzene ring substituents is 1. The van der Waals surface area contributed by atoms with Crippen molar-refractivity contribution in [2.75, 3.05) is 18.1 Å². The normalized spacial score (nSPS) is 9.85. The number of nitrogens with one attached hydrogen (secondary N) is 1. The van der Waals surface area contributed by atoms with Crippen LogP contribution in [0.25, 0.3) is 0 Å². The van der Waals surface area contributed by atoms with Crippen molar-refractivity contribution in [3.63, 3.8) is 0 Å². The summed E-state index contributed by atoms with van der Waals surface area (Å²) in [5.41, 5.74) is -0.306. The zero-order chi connectivity index (χ0) is 15.1. The van der Waals surface area contributed by atoms with E-state index in [1.807, 2.05) is 0 Å². The van der Waals surface area contributed by atoms with Gasteiger partial charge in [0.15, 0.2) is 0 Å². The van der Waals surface area contributed by atoms with Crippen molar-refractivity contribution in [2.24, 2.45) is 0 Å². The molecule has 1 amide bonds. The summed E-state index contributed by atoms with van der Waals surface area (Å²) in [6.07, 6.45) is 5.09. The molecule has 1 rings (SSSR count). The van der Waals surface area contributed by atoms with Crippen LogP contribution in [0.2, 0.25) is 10.0 Å². The van der Waals surface area contributed by atoms with E-state index in [4.69, 9.17) is 29.6 Å². The molecule has 1 aromatic rings. The van der Waals surface area contributed by atoms with Gasteiger partial charge in [-0.2, -0.15) is 0 Å². The van der Waals surface area contributed by atoms with Crippen LogP contribution in [0.1, 0.15) is 10.4 Å². The van der Waals surface area contributed by atoms with Crippen LogP contribution < -0.4 is 5.32 Å². The van der Waals surface area contributed by atoms with Crippen molar-refractivity contribution in [3.8, 4) is 12.3 Å². The fourth-order valence-corrected chi connectivity index (χ4v) is 2.23. The van der Waals surface area contributed by atoms with Crippen LogP contribution in [0.4, 0.5) is 5.69 Å². The monoisotopic (exact) mass is 332 g/mol. The Labute approximate surface area is 130 Å². The average molecular weight is 333 g/mol. The number of amides is 1. The fraction of sp³-hybridized carbons (Fsp3) is 0.250. The van der Waals surface area contributed by atoms with Gasteiger partial charge in [-0.15, -0.1) is 18.2 Å². The Balaban J connectivity index is 2.77. The molecule has 0 fully saturated rings. The Morgan fingerprint density at radius 1 is 1.50 bits per heavy atom.